The zero-order valence-corrected chi connectivity index (χ0v) is 26.7. The highest BCUT2D eigenvalue weighted by molar-refractivity contribution is 6.10. The number of benzene rings is 6. The second-order valence-electron chi connectivity index (χ2n) is 12.2. The van der Waals surface area contributed by atoms with Crippen molar-refractivity contribution in [2.24, 2.45) is 0 Å². The van der Waals surface area contributed by atoms with Crippen molar-refractivity contribution in [2.45, 2.75) is 20.0 Å². The Labute approximate surface area is 281 Å². The minimum atomic E-state index is -4.47. The van der Waals surface area contributed by atoms with E-state index in [9.17, 15) is 13.2 Å². The number of fused-ring (bicyclic) bond motifs is 3. The summed E-state index contributed by atoms with van der Waals surface area (Å²) in [6, 6.07) is 43.4. The van der Waals surface area contributed by atoms with Crippen LogP contribution in [0.25, 0.3) is 72.8 Å². The minimum Gasteiger partial charge on any atom is -0.308 e. The van der Waals surface area contributed by atoms with E-state index in [1.807, 2.05) is 78.9 Å². The van der Waals surface area contributed by atoms with Crippen LogP contribution >= 0.6 is 0 Å². The number of rotatable bonds is 5. The number of alkyl halides is 3. The van der Waals surface area contributed by atoms with Gasteiger partial charge in [-0.1, -0.05) is 103 Å². The number of aromatic nitrogens is 4. The molecule has 0 aliphatic carbocycles. The predicted molar refractivity (Wildman–Crippen MR) is 190 cm³/mol. The minimum absolute atomic E-state index is 0.452. The van der Waals surface area contributed by atoms with E-state index in [4.69, 9.17) is 15.0 Å². The summed E-state index contributed by atoms with van der Waals surface area (Å²) in [5.74, 6) is 1.49. The quantitative estimate of drug-likeness (QED) is 0.187. The highest BCUT2D eigenvalue weighted by atomic mass is 19.4. The van der Waals surface area contributed by atoms with Crippen LogP contribution in [0, 0.1) is 13.8 Å². The maximum Gasteiger partial charge on any atom is 0.416 e. The Morgan fingerprint density at radius 2 is 0.980 bits per heavy atom. The molecule has 238 valence electrons. The summed E-state index contributed by atoms with van der Waals surface area (Å²) >= 11 is 0. The van der Waals surface area contributed by atoms with Gasteiger partial charge in [-0.15, -0.1) is 0 Å². The molecule has 0 fully saturated rings. The lowest BCUT2D eigenvalue weighted by Crippen LogP contribution is -2.05. The Hall–Kier alpha value is -6.08. The van der Waals surface area contributed by atoms with Gasteiger partial charge >= 0.3 is 6.18 Å². The van der Waals surface area contributed by atoms with Crippen LogP contribution in [0.4, 0.5) is 13.2 Å². The molecular weight excluding hydrogens is 617 g/mol. The second-order valence-corrected chi connectivity index (χ2v) is 12.2. The average Bonchev–Trinajstić information content (AvgIpc) is 3.43. The molecular formula is C42H29F3N4. The van der Waals surface area contributed by atoms with Gasteiger partial charge < -0.3 is 4.57 Å². The molecule has 7 heteroatoms. The first-order chi connectivity index (χ1) is 23.7. The van der Waals surface area contributed by atoms with Crippen LogP contribution < -0.4 is 0 Å². The highest BCUT2D eigenvalue weighted by Crippen LogP contribution is 2.40. The number of hydrogen-bond donors (Lipinski definition) is 0. The van der Waals surface area contributed by atoms with Gasteiger partial charge in [0.25, 0.3) is 0 Å². The maximum absolute atomic E-state index is 13.8. The first-order valence-electron chi connectivity index (χ1n) is 15.9. The first-order valence-corrected chi connectivity index (χ1v) is 15.9. The van der Waals surface area contributed by atoms with Crippen molar-refractivity contribution in [3.8, 4) is 51.0 Å². The van der Waals surface area contributed by atoms with E-state index >= 15 is 0 Å². The summed E-state index contributed by atoms with van der Waals surface area (Å²) in [6.07, 6.45) is -4.47. The van der Waals surface area contributed by atoms with Crippen molar-refractivity contribution in [3.63, 3.8) is 0 Å². The summed E-state index contributed by atoms with van der Waals surface area (Å²) in [4.78, 5) is 14.9. The van der Waals surface area contributed by atoms with Gasteiger partial charge in [-0.05, 0) is 72.5 Å². The van der Waals surface area contributed by atoms with Crippen LogP contribution in [0.5, 0.6) is 0 Å². The third-order valence-corrected chi connectivity index (χ3v) is 8.78. The molecule has 0 aliphatic rings. The molecule has 0 amide bonds. The second kappa shape index (κ2) is 11.9. The van der Waals surface area contributed by atoms with E-state index < -0.39 is 11.7 Å². The van der Waals surface area contributed by atoms with Crippen molar-refractivity contribution in [2.75, 3.05) is 0 Å². The predicted octanol–water partition coefficient (Wildman–Crippen LogP) is 11.3. The number of nitrogens with zero attached hydrogens (tertiary/aromatic N) is 4. The molecule has 0 unspecified atom stereocenters. The Kier molecular flexibility index (Phi) is 7.33. The monoisotopic (exact) mass is 646 g/mol. The topological polar surface area (TPSA) is 43.6 Å². The van der Waals surface area contributed by atoms with E-state index in [1.165, 1.54) is 12.1 Å². The van der Waals surface area contributed by atoms with Crippen molar-refractivity contribution in [3.05, 3.63) is 156 Å². The number of aryl methyl sites for hydroxylation is 2. The fraction of sp³-hybridized carbons (Fsp3) is 0.0714. The van der Waals surface area contributed by atoms with E-state index in [2.05, 4.69) is 54.8 Å². The van der Waals surface area contributed by atoms with Crippen molar-refractivity contribution < 1.29 is 13.2 Å². The van der Waals surface area contributed by atoms with Crippen LogP contribution in [0.1, 0.15) is 16.7 Å². The largest absolute Gasteiger partial charge is 0.416 e. The molecule has 0 N–H and O–H groups in total. The van der Waals surface area contributed by atoms with E-state index in [-0.39, 0.29) is 0 Å². The SMILES string of the molecule is Cc1ccc2c3ccc(C)cc3n(-c3cc(-c4cccc(C(F)(F)F)c4)ccc3-c3nc(-c4ccccc4)nc(-c4ccccc4)n3)c2c1. The highest BCUT2D eigenvalue weighted by Gasteiger charge is 2.30. The molecule has 8 aromatic rings. The fourth-order valence-electron chi connectivity index (χ4n) is 6.39. The van der Waals surface area contributed by atoms with E-state index in [0.717, 1.165) is 55.8 Å². The summed E-state index contributed by atoms with van der Waals surface area (Å²) in [7, 11) is 0. The zero-order chi connectivity index (χ0) is 33.7. The van der Waals surface area contributed by atoms with Gasteiger partial charge in [0.05, 0.1) is 22.3 Å². The zero-order valence-electron chi connectivity index (χ0n) is 26.7. The van der Waals surface area contributed by atoms with Gasteiger partial charge in [-0.2, -0.15) is 13.2 Å². The van der Waals surface area contributed by atoms with Gasteiger partial charge in [0.1, 0.15) is 0 Å². The summed E-state index contributed by atoms with van der Waals surface area (Å²) in [5, 5.41) is 2.14. The lowest BCUT2D eigenvalue weighted by Gasteiger charge is -2.17. The molecule has 0 bridgehead atoms. The Balaban J connectivity index is 1.46. The third kappa shape index (κ3) is 5.63. The maximum atomic E-state index is 13.8. The van der Waals surface area contributed by atoms with Crippen molar-refractivity contribution >= 4 is 21.8 Å². The van der Waals surface area contributed by atoms with E-state index in [1.54, 1.807) is 6.07 Å². The van der Waals surface area contributed by atoms with Crippen molar-refractivity contribution in [1.82, 2.24) is 19.5 Å². The van der Waals surface area contributed by atoms with Gasteiger partial charge in [0.2, 0.25) is 0 Å². The van der Waals surface area contributed by atoms with Crippen LogP contribution in [-0.2, 0) is 6.18 Å². The van der Waals surface area contributed by atoms with Gasteiger partial charge in [0.15, 0.2) is 17.5 Å². The Morgan fingerprint density at radius 1 is 0.469 bits per heavy atom. The smallest absolute Gasteiger partial charge is 0.308 e. The fourth-order valence-corrected chi connectivity index (χ4v) is 6.39. The molecule has 6 aromatic carbocycles. The van der Waals surface area contributed by atoms with Gasteiger partial charge in [-0.3, -0.25) is 0 Å². The molecule has 2 heterocycles. The van der Waals surface area contributed by atoms with Crippen LogP contribution in [-0.4, -0.2) is 19.5 Å². The van der Waals surface area contributed by atoms with Crippen LogP contribution in [0.15, 0.2) is 140 Å². The molecule has 0 spiro atoms. The lowest BCUT2D eigenvalue weighted by molar-refractivity contribution is -0.137. The van der Waals surface area contributed by atoms with Crippen LogP contribution in [0.3, 0.4) is 0 Å². The average molecular weight is 647 g/mol. The molecule has 0 atom stereocenters. The lowest BCUT2D eigenvalue weighted by atomic mass is 9.99. The van der Waals surface area contributed by atoms with Crippen LogP contribution in [0.2, 0.25) is 0 Å². The van der Waals surface area contributed by atoms with Gasteiger partial charge in [-0.25, -0.2) is 15.0 Å². The molecule has 4 nitrogen and oxygen atoms in total. The first kappa shape index (κ1) is 30.3. The molecule has 0 saturated heterocycles. The Bertz CT molecular complexity index is 2380. The summed E-state index contributed by atoms with van der Waals surface area (Å²) < 4.78 is 43.7. The molecule has 0 aliphatic heterocycles. The van der Waals surface area contributed by atoms with Crippen molar-refractivity contribution in [1.29, 1.82) is 0 Å². The van der Waals surface area contributed by atoms with E-state index in [0.29, 0.717) is 34.2 Å². The standard InChI is InChI=1S/C42H29F3N4/c1-26-16-19-33-34-20-17-27(2)23-37(34)49(36(33)22-26)38-25-31(30-14-9-15-32(24-30)42(43,44)45)18-21-35(38)41-47-39(28-10-5-3-6-11-28)46-40(48-41)29-12-7-4-8-13-29/h3-25H,1-2H3. The normalized spacial score (nSPS) is 11.8. The summed E-state index contributed by atoms with van der Waals surface area (Å²) in [6.45, 7) is 4.10. The molecule has 49 heavy (non-hydrogen) atoms. The molecule has 8 rings (SSSR count). The summed E-state index contributed by atoms with van der Waals surface area (Å²) in [5.41, 5.74) is 7.67. The molecule has 0 radical (unpaired) electrons. The molecule has 0 saturated carbocycles. The van der Waals surface area contributed by atoms with Gasteiger partial charge in [0, 0.05) is 27.5 Å². The Morgan fingerprint density at radius 3 is 1.53 bits per heavy atom. The number of halogens is 3. The third-order valence-electron chi connectivity index (χ3n) is 8.78. The molecule has 2 aromatic heterocycles. The number of hydrogen-bond acceptors (Lipinski definition) is 3.